The van der Waals surface area contributed by atoms with Crippen molar-refractivity contribution in [2.75, 3.05) is 18.1 Å². The van der Waals surface area contributed by atoms with Crippen LogP contribution in [0, 0.1) is 11.8 Å². The first-order valence-electron chi connectivity index (χ1n) is 9.02. The Kier molecular flexibility index (Phi) is 5.66. The summed E-state index contributed by atoms with van der Waals surface area (Å²) in [5.41, 5.74) is 0.0642. The molecule has 3 aliphatic rings. The molecule has 120 valence electrons. The van der Waals surface area contributed by atoms with Crippen molar-refractivity contribution in [2.24, 2.45) is 11.8 Å². The molecule has 21 heavy (non-hydrogen) atoms. The van der Waals surface area contributed by atoms with E-state index in [9.17, 15) is 4.79 Å². The predicted octanol–water partition coefficient (Wildman–Crippen LogP) is 4.61. The van der Waals surface area contributed by atoms with E-state index >= 15 is 0 Å². The van der Waals surface area contributed by atoms with Crippen LogP contribution in [0.5, 0.6) is 0 Å². The Morgan fingerprint density at radius 2 is 1.86 bits per heavy atom. The normalized spacial score (nSPS) is 30.4. The highest BCUT2D eigenvalue weighted by atomic mass is 32.2. The second kappa shape index (κ2) is 7.50. The zero-order chi connectivity index (χ0) is 14.5. The van der Waals surface area contributed by atoms with Crippen LogP contribution in [0.4, 0.5) is 0 Å². The lowest BCUT2D eigenvalue weighted by Gasteiger charge is -2.43. The van der Waals surface area contributed by atoms with Crippen LogP contribution in [0.3, 0.4) is 0 Å². The monoisotopic (exact) mass is 310 g/mol. The van der Waals surface area contributed by atoms with Gasteiger partial charge in [0.15, 0.2) is 0 Å². The van der Waals surface area contributed by atoms with Crippen LogP contribution in [0.15, 0.2) is 0 Å². The van der Waals surface area contributed by atoms with Gasteiger partial charge in [0.25, 0.3) is 0 Å². The summed E-state index contributed by atoms with van der Waals surface area (Å²) in [6, 6.07) is 0. The van der Waals surface area contributed by atoms with Crippen molar-refractivity contribution < 1.29 is 9.53 Å². The third-order valence-corrected chi connectivity index (χ3v) is 6.86. The molecule has 3 fully saturated rings. The van der Waals surface area contributed by atoms with Gasteiger partial charge in [-0.05, 0) is 49.5 Å². The molecule has 1 aliphatic carbocycles. The quantitative estimate of drug-likeness (QED) is 0.758. The number of hydrogen-bond acceptors (Lipinski definition) is 3. The first kappa shape index (κ1) is 15.9. The maximum atomic E-state index is 12.6. The molecule has 1 unspecified atom stereocenters. The maximum Gasteiger partial charge on any atom is 0.136 e. The van der Waals surface area contributed by atoms with Crippen molar-refractivity contribution in [3.05, 3.63) is 0 Å². The van der Waals surface area contributed by atoms with Gasteiger partial charge in [0.1, 0.15) is 5.78 Å². The molecule has 1 atom stereocenters. The van der Waals surface area contributed by atoms with Gasteiger partial charge in [-0.1, -0.05) is 32.1 Å². The Bertz CT molecular complexity index is 338. The summed E-state index contributed by atoms with van der Waals surface area (Å²) in [7, 11) is 0. The standard InChI is InChI=1S/C18H30O2S/c19-17(7-6-15-4-2-1-3-5-15)16-8-11-20-18(14-16)9-12-21-13-10-18/h15-16H,1-14H2. The predicted molar refractivity (Wildman–Crippen MR) is 88.8 cm³/mol. The molecule has 1 spiro atoms. The Morgan fingerprint density at radius 1 is 1.10 bits per heavy atom. The first-order chi connectivity index (χ1) is 10.3. The smallest absolute Gasteiger partial charge is 0.136 e. The molecule has 0 radical (unpaired) electrons. The van der Waals surface area contributed by atoms with Crippen LogP contribution in [-0.2, 0) is 9.53 Å². The van der Waals surface area contributed by atoms with Crippen molar-refractivity contribution in [3.8, 4) is 0 Å². The molecule has 0 N–H and O–H groups in total. The second-order valence-corrected chi connectivity index (χ2v) is 8.57. The van der Waals surface area contributed by atoms with E-state index in [2.05, 4.69) is 0 Å². The molecule has 0 aromatic heterocycles. The highest BCUT2D eigenvalue weighted by Gasteiger charge is 2.40. The van der Waals surface area contributed by atoms with Crippen molar-refractivity contribution >= 4 is 17.5 Å². The van der Waals surface area contributed by atoms with Gasteiger partial charge >= 0.3 is 0 Å². The van der Waals surface area contributed by atoms with Crippen LogP contribution < -0.4 is 0 Å². The lowest BCUT2D eigenvalue weighted by molar-refractivity contribution is -0.138. The van der Waals surface area contributed by atoms with E-state index in [4.69, 9.17) is 4.74 Å². The molecule has 0 bridgehead atoms. The van der Waals surface area contributed by atoms with E-state index < -0.39 is 0 Å². The lowest BCUT2D eigenvalue weighted by Crippen LogP contribution is -2.44. The number of ketones is 1. The van der Waals surface area contributed by atoms with Crippen molar-refractivity contribution in [1.29, 1.82) is 0 Å². The summed E-state index contributed by atoms with van der Waals surface area (Å²) >= 11 is 2.04. The molecule has 2 aliphatic heterocycles. The SMILES string of the molecule is O=C(CCC1CCCCC1)C1CCOC2(CCSCC2)C1. The zero-order valence-electron chi connectivity index (χ0n) is 13.3. The van der Waals surface area contributed by atoms with Crippen molar-refractivity contribution in [3.63, 3.8) is 0 Å². The molecule has 0 aromatic carbocycles. The van der Waals surface area contributed by atoms with Gasteiger partial charge in [-0.25, -0.2) is 0 Å². The van der Waals surface area contributed by atoms with E-state index in [1.807, 2.05) is 11.8 Å². The summed E-state index contributed by atoms with van der Waals surface area (Å²) in [5.74, 6) is 4.10. The highest BCUT2D eigenvalue weighted by Crippen LogP contribution is 2.40. The van der Waals surface area contributed by atoms with Gasteiger partial charge < -0.3 is 4.74 Å². The minimum atomic E-state index is 0.0642. The van der Waals surface area contributed by atoms with Gasteiger partial charge in [0, 0.05) is 18.9 Å². The maximum absolute atomic E-state index is 12.6. The van der Waals surface area contributed by atoms with E-state index in [-0.39, 0.29) is 5.60 Å². The van der Waals surface area contributed by atoms with Crippen LogP contribution in [0.2, 0.25) is 0 Å². The summed E-state index contributed by atoms with van der Waals surface area (Å²) < 4.78 is 6.12. The van der Waals surface area contributed by atoms with E-state index in [0.717, 1.165) is 51.0 Å². The minimum Gasteiger partial charge on any atom is -0.375 e. The molecular weight excluding hydrogens is 280 g/mol. The number of carbonyl (C=O) groups is 1. The molecule has 2 nitrogen and oxygen atoms in total. The number of hydrogen-bond donors (Lipinski definition) is 0. The fourth-order valence-corrected chi connectivity index (χ4v) is 5.66. The number of carbonyl (C=O) groups excluding carboxylic acids is 1. The summed E-state index contributed by atoms with van der Waals surface area (Å²) in [6.07, 6.45) is 13.2. The highest BCUT2D eigenvalue weighted by molar-refractivity contribution is 7.99. The Morgan fingerprint density at radius 3 is 2.62 bits per heavy atom. The molecule has 3 rings (SSSR count). The summed E-state index contributed by atoms with van der Waals surface area (Å²) in [4.78, 5) is 12.6. The average molecular weight is 311 g/mol. The van der Waals surface area contributed by atoms with Gasteiger partial charge in [0.2, 0.25) is 0 Å². The third-order valence-electron chi connectivity index (χ3n) is 5.88. The Balaban J connectivity index is 1.47. The first-order valence-corrected chi connectivity index (χ1v) is 10.2. The molecule has 0 aromatic rings. The molecule has 3 heteroatoms. The fraction of sp³-hybridized carbons (Fsp3) is 0.944. The molecule has 0 amide bonds. The van der Waals surface area contributed by atoms with E-state index in [1.165, 1.54) is 43.6 Å². The van der Waals surface area contributed by atoms with Crippen LogP contribution in [0.1, 0.15) is 70.6 Å². The molecule has 2 heterocycles. The largest absolute Gasteiger partial charge is 0.375 e. The third kappa shape index (κ3) is 4.25. The van der Waals surface area contributed by atoms with E-state index in [0.29, 0.717) is 11.7 Å². The average Bonchev–Trinajstić information content (AvgIpc) is 2.54. The lowest BCUT2D eigenvalue weighted by atomic mass is 9.78. The fourth-order valence-electron chi connectivity index (χ4n) is 4.42. The number of Topliss-reactive ketones (excluding diaryl/α,β-unsaturated/α-hetero) is 1. The van der Waals surface area contributed by atoms with Gasteiger partial charge in [-0.2, -0.15) is 11.8 Å². The van der Waals surface area contributed by atoms with Crippen molar-refractivity contribution in [2.45, 2.75) is 76.2 Å². The van der Waals surface area contributed by atoms with Crippen molar-refractivity contribution in [1.82, 2.24) is 0 Å². The minimum absolute atomic E-state index is 0.0642. The molecule has 2 saturated heterocycles. The van der Waals surface area contributed by atoms with E-state index in [1.54, 1.807) is 0 Å². The number of rotatable bonds is 4. The van der Waals surface area contributed by atoms with Gasteiger partial charge in [0.05, 0.1) is 5.60 Å². The molecule has 1 saturated carbocycles. The number of thioether (sulfide) groups is 1. The van der Waals surface area contributed by atoms with Crippen LogP contribution >= 0.6 is 11.8 Å². The number of ether oxygens (including phenoxy) is 1. The summed E-state index contributed by atoms with van der Waals surface area (Å²) in [6.45, 7) is 0.810. The van der Waals surface area contributed by atoms with Crippen LogP contribution in [-0.4, -0.2) is 29.5 Å². The Labute approximate surface area is 133 Å². The van der Waals surface area contributed by atoms with Gasteiger partial charge in [-0.15, -0.1) is 0 Å². The summed E-state index contributed by atoms with van der Waals surface area (Å²) in [5, 5.41) is 0. The van der Waals surface area contributed by atoms with Crippen LogP contribution in [0.25, 0.3) is 0 Å². The zero-order valence-corrected chi connectivity index (χ0v) is 14.1. The molecular formula is C18H30O2S. The second-order valence-electron chi connectivity index (χ2n) is 7.34. The topological polar surface area (TPSA) is 26.3 Å². The Hall–Kier alpha value is -0.0200. The van der Waals surface area contributed by atoms with Gasteiger partial charge in [-0.3, -0.25) is 4.79 Å².